The molecule has 0 unspecified atom stereocenters. The molecule has 0 spiro atoms. The molecule has 0 atom stereocenters. The summed E-state index contributed by atoms with van der Waals surface area (Å²) in [5.74, 6) is -12.6. The first-order valence-electron chi connectivity index (χ1n) is 11.2. The molecule has 0 saturated heterocycles. The van der Waals surface area contributed by atoms with Crippen LogP contribution in [0.3, 0.4) is 0 Å². The van der Waals surface area contributed by atoms with Gasteiger partial charge in [-0.3, -0.25) is 20.2 Å². The van der Waals surface area contributed by atoms with E-state index in [9.17, 15) is 43.6 Å². The standard InChI is InChI=1S/C27H14ClF5N2O6/c28-18-4-2-1-3-13(18)9-10-27(14-5-7-15(29)8-6-14,16-11-19(34(38)39)25(36)23(32)21(16)30)17-12-20(35(40)41)26(37)24(33)22(17)31/h1-12,36-37H. The number of benzene rings is 4. The zero-order chi connectivity index (χ0) is 30.2. The Morgan fingerprint density at radius 1 is 0.732 bits per heavy atom. The number of rotatable bonds is 7. The monoisotopic (exact) mass is 592 g/mol. The van der Waals surface area contributed by atoms with E-state index in [1.54, 1.807) is 0 Å². The van der Waals surface area contributed by atoms with Gasteiger partial charge in [0.25, 0.3) is 0 Å². The van der Waals surface area contributed by atoms with E-state index in [2.05, 4.69) is 0 Å². The molecule has 0 radical (unpaired) electrons. The fourth-order valence-electron chi connectivity index (χ4n) is 4.33. The molecular weight excluding hydrogens is 579 g/mol. The van der Waals surface area contributed by atoms with Gasteiger partial charge in [-0.15, -0.1) is 0 Å². The Morgan fingerprint density at radius 2 is 1.20 bits per heavy atom. The van der Waals surface area contributed by atoms with Gasteiger partial charge >= 0.3 is 11.4 Å². The molecule has 41 heavy (non-hydrogen) atoms. The van der Waals surface area contributed by atoms with Crippen molar-refractivity contribution in [2.24, 2.45) is 0 Å². The molecule has 0 bridgehead atoms. The average Bonchev–Trinajstić information content (AvgIpc) is 2.93. The van der Waals surface area contributed by atoms with Gasteiger partial charge in [-0.2, -0.15) is 8.78 Å². The van der Waals surface area contributed by atoms with Gasteiger partial charge in [-0.1, -0.05) is 54.1 Å². The highest BCUT2D eigenvalue weighted by Gasteiger charge is 2.44. The number of nitro benzene ring substituents is 2. The molecule has 8 nitrogen and oxygen atoms in total. The van der Waals surface area contributed by atoms with E-state index in [0.29, 0.717) is 12.1 Å². The van der Waals surface area contributed by atoms with Crippen LogP contribution in [0.25, 0.3) is 6.08 Å². The number of phenolic OH excluding ortho intramolecular Hbond substituents is 2. The van der Waals surface area contributed by atoms with Crippen LogP contribution in [0.5, 0.6) is 11.5 Å². The van der Waals surface area contributed by atoms with E-state index < -0.39 is 83.9 Å². The third-order valence-corrected chi connectivity index (χ3v) is 6.63. The van der Waals surface area contributed by atoms with Crippen LogP contribution in [0.4, 0.5) is 33.3 Å². The Kier molecular flexibility index (Phi) is 7.66. The van der Waals surface area contributed by atoms with Gasteiger partial charge < -0.3 is 10.2 Å². The number of hydrogen-bond acceptors (Lipinski definition) is 6. The lowest BCUT2D eigenvalue weighted by Crippen LogP contribution is -2.31. The summed E-state index contributed by atoms with van der Waals surface area (Å²) < 4.78 is 75.4. The molecule has 0 amide bonds. The van der Waals surface area contributed by atoms with Gasteiger partial charge in [-0.25, -0.2) is 13.2 Å². The van der Waals surface area contributed by atoms with Crippen LogP contribution in [-0.2, 0) is 5.41 Å². The molecular formula is C27H14ClF5N2O6. The predicted molar refractivity (Wildman–Crippen MR) is 136 cm³/mol. The third-order valence-electron chi connectivity index (χ3n) is 6.28. The highest BCUT2D eigenvalue weighted by molar-refractivity contribution is 6.32. The third kappa shape index (κ3) is 4.91. The fourth-order valence-corrected chi connectivity index (χ4v) is 4.53. The normalized spacial score (nSPS) is 11.7. The lowest BCUT2D eigenvalue weighted by atomic mass is 9.68. The van der Waals surface area contributed by atoms with Crippen LogP contribution < -0.4 is 0 Å². The van der Waals surface area contributed by atoms with Crippen LogP contribution >= 0.6 is 11.6 Å². The van der Waals surface area contributed by atoms with Crippen LogP contribution in [0.2, 0.25) is 5.02 Å². The minimum absolute atomic E-state index is 0.0726. The van der Waals surface area contributed by atoms with E-state index in [0.717, 1.165) is 36.4 Å². The molecule has 0 saturated carbocycles. The van der Waals surface area contributed by atoms with Gasteiger partial charge in [0.15, 0.2) is 11.6 Å². The summed E-state index contributed by atoms with van der Waals surface area (Å²) in [6.07, 6.45) is 2.00. The van der Waals surface area contributed by atoms with E-state index in [-0.39, 0.29) is 10.6 Å². The van der Waals surface area contributed by atoms with Crippen molar-refractivity contribution in [2.75, 3.05) is 0 Å². The quantitative estimate of drug-likeness (QED) is 0.100. The maximum atomic E-state index is 15.7. The summed E-state index contributed by atoms with van der Waals surface area (Å²) in [6.45, 7) is 0. The van der Waals surface area contributed by atoms with Crippen molar-refractivity contribution in [3.05, 3.63) is 143 Å². The van der Waals surface area contributed by atoms with Gasteiger partial charge in [-0.05, 0) is 29.3 Å². The van der Waals surface area contributed by atoms with Crippen molar-refractivity contribution in [2.45, 2.75) is 5.41 Å². The first-order chi connectivity index (χ1) is 19.3. The van der Waals surface area contributed by atoms with E-state index in [1.807, 2.05) is 0 Å². The summed E-state index contributed by atoms with van der Waals surface area (Å²) in [5.41, 5.74) is -8.04. The zero-order valence-corrected chi connectivity index (χ0v) is 20.9. The van der Waals surface area contributed by atoms with Crippen molar-refractivity contribution in [1.82, 2.24) is 0 Å². The summed E-state index contributed by atoms with van der Waals surface area (Å²) in [6, 6.07) is 9.93. The molecule has 0 fully saturated rings. The Hall–Kier alpha value is -5.04. The number of nitro groups is 2. The topological polar surface area (TPSA) is 127 Å². The molecule has 0 aliphatic carbocycles. The second-order valence-electron chi connectivity index (χ2n) is 8.52. The molecule has 0 aliphatic rings. The van der Waals surface area contributed by atoms with E-state index in [1.165, 1.54) is 24.3 Å². The Labute approximate surface area is 231 Å². The first-order valence-corrected chi connectivity index (χ1v) is 11.6. The van der Waals surface area contributed by atoms with Gasteiger partial charge in [0.1, 0.15) is 5.82 Å². The van der Waals surface area contributed by atoms with Crippen molar-refractivity contribution in [1.29, 1.82) is 0 Å². The molecule has 210 valence electrons. The van der Waals surface area contributed by atoms with Crippen molar-refractivity contribution < 1.29 is 42.0 Å². The lowest BCUT2D eigenvalue weighted by Gasteiger charge is -2.33. The minimum Gasteiger partial charge on any atom is -0.500 e. The molecule has 2 N–H and O–H groups in total. The van der Waals surface area contributed by atoms with E-state index >= 15 is 8.78 Å². The van der Waals surface area contributed by atoms with Crippen LogP contribution in [0.15, 0.2) is 66.7 Å². The Morgan fingerprint density at radius 3 is 1.63 bits per heavy atom. The van der Waals surface area contributed by atoms with Crippen molar-refractivity contribution >= 4 is 29.1 Å². The molecule has 0 aliphatic heterocycles. The number of hydrogen-bond donors (Lipinski definition) is 2. The largest absolute Gasteiger partial charge is 0.500 e. The molecule has 4 aromatic carbocycles. The number of allylic oxidation sites excluding steroid dienone is 1. The number of aromatic hydroxyl groups is 2. The molecule has 4 aromatic rings. The van der Waals surface area contributed by atoms with Crippen molar-refractivity contribution in [3.8, 4) is 11.5 Å². The molecule has 0 aromatic heterocycles. The Balaban J connectivity index is 2.31. The Bertz CT molecular complexity index is 1670. The van der Waals surface area contributed by atoms with Crippen molar-refractivity contribution in [3.63, 3.8) is 0 Å². The summed E-state index contributed by atoms with van der Waals surface area (Å²) >= 11 is 6.19. The van der Waals surface area contributed by atoms with Crippen LogP contribution in [0, 0.1) is 49.3 Å². The minimum atomic E-state index is -2.75. The summed E-state index contributed by atoms with van der Waals surface area (Å²) in [4.78, 5) is 20.7. The second-order valence-corrected chi connectivity index (χ2v) is 8.93. The summed E-state index contributed by atoms with van der Waals surface area (Å²) in [7, 11) is 0. The highest BCUT2D eigenvalue weighted by Crippen LogP contribution is 2.49. The summed E-state index contributed by atoms with van der Waals surface area (Å²) in [5, 5.41) is 43.2. The first kappa shape index (κ1) is 29.0. The van der Waals surface area contributed by atoms with E-state index in [4.69, 9.17) is 11.6 Å². The van der Waals surface area contributed by atoms with Crippen LogP contribution in [0.1, 0.15) is 22.3 Å². The van der Waals surface area contributed by atoms with Gasteiger partial charge in [0.05, 0.1) is 15.3 Å². The fraction of sp³-hybridized carbons (Fsp3) is 0.0370. The molecule has 14 heteroatoms. The number of halogens is 6. The number of phenols is 2. The SMILES string of the molecule is O=[N+]([O-])c1cc(C(C=Cc2ccccc2Cl)(c2ccc(F)cc2)c2cc([N+](=O)[O-])c(O)c(F)c2F)c(F)c(F)c1O. The average molecular weight is 593 g/mol. The number of nitrogens with zero attached hydrogens (tertiary/aromatic N) is 2. The highest BCUT2D eigenvalue weighted by atomic mass is 35.5. The zero-order valence-electron chi connectivity index (χ0n) is 20.1. The van der Waals surface area contributed by atoms with Crippen LogP contribution in [-0.4, -0.2) is 20.1 Å². The van der Waals surface area contributed by atoms with Gasteiger partial charge in [0, 0.05) is 28.3 Å². The maximum absolute atomic E-state index is 15.7. The smallest absolute Gasteiger partial charge is 0.314 e. The predicted octanol–water partition coefficient (Wildman–Crippen LogP) is 7.31. The second kappa shape index (κ2) is 10.8. The maximum Gasteiger partial charge on any atom is 0.314 e. The lowest BCUT2D eigenvalue weighted by molar-refractivity contribution is -0.386. The molecule has 4 rings (SSSR count). The van der Waals surface area contributed by atoms with Gasteiger partial charge in [0.2, 0.25) is 23.1 Å². The molecule has 0 heterocycles.